The number of fused-ring (bicyclic) bond motifs is 1. The minimum atomic E-state index is -4.23. The summed E-state index contributed by atoms with van der Waals surface area (Å²) < 4.78 is 61.0. The molecule has 6 rings (SSSR count). The fourth-order valence-electron chi connectivity index (χ4n) is 7.18. The molecule has 13 heteroatoms. The number of nitrogens with zero attached hydrogens (tertiary/aromatic N) is 4. The fraction of sp³-hybridized carbons (Fsp3) is 0.343. The van der Waals surface area contributed by atoms with E-state index in [2.05, 4.69) is 11.6 Å². The summed E-state index contributed by atoms with van der Waals surface area (Å²) in [4.78, 5) is 34.4. The topological polar surface area (TPSA) is 119 Å². The van der Waals surface area contributed by atoms with E-state index >= 15 is 8.78 Å². The maximum absolute atomic E-state index is 17.4. The maximum Gasteiger partial charge on any atom is 0.276 e. The fourth-order valence-corrected chi connectivity index (χ4v) is 8.47. The highest BCUT2D eigenvalue weighted by molar-refractivity contribution is 7.90. The normalized spacial score (nSPS) is 16.1. The highest BCUT2D eigenvalue weighted by Crippen LogP contribution is 2.47. The van der Waals surface area contributed by atoms with Crippen molar-refractivity contribution in [1.29, 1.82) is 0 Å². The quantitative estimate of drug-likeness (QED) is 0.194. The van der Waals surface area contributed by atoms with Gasteiger partial charge in [0.05, 0.1) is 27.6 Å². The van der Waals surface area contributed by atoms with Gasteiger partial charge in [-0.2, -0.15) is 0 Å². The second-order valence-electron chi connectivity index (χ2n) is 13.1. The lowest BCUT2D eigenvalue weighted by Gasteiger charge is -2.54. The van der Waals surface area contributed by atoms with Gasteiger partial charge in [0, 0.05) is 66.2 Å². The summed E-state index contributed by atoms with van der Waals surface area (Å²) in [6.45, 7) is 10.7. The van der Waals surface area contributed by atoms with E-state index in [9.17, 15) is 18.0 Å². The number of sulfone groups is 1. The van der Waals surface area contributed by atoms with E-state index in [1.54, 1.807) is 29.0 Å². The molecule has 252 valence electrons. The van der Waals surface area contributed by atoms with Gasteiger partial charge in [0.25, 0.3) is 5.56 Å². The average molecular weight is 696 g/mol. The van der Waals surface area contributed by atoms with Gasteiger partial charge in [-0.3, -0.25) is 19.1 Å². The van der Waals surface area contributed by atoms with E-state index in [0.717, 1.165) is 16.9 Å². The average Bonchev–Trinajstić information content (AvgIpc) is 3.00. The molecule has 4 aromatic rings. The SMILES string of the molecule is C=CC(=O)N1CC2(CCN(c3c(S(C)(=O)=O)c(=O)n(-c4c(C)ccnc4C(C)C)c4c(F)c(-c5c(N)cccc5F)c(Cl)cc34)CC2)C1. The Kier molecular flexibility index (Phi) is 8.40. The highest BCUT2D eigenvalue weighted by Gasteiger charge is 2.47. The van der Waals surface area contributed by atoms with Crippen LogP contribution in [0.2, 0.25) is 5.02 Å². The van der Waals surface area contributed by atoms with Gasteiger partial charge in [-0.05, 0) is 61.6 Å². The molecule has 2 aliphatic rings. The van der Waals surface area contributed by atoms with Crippen molar-refractivity contribution in [3.63, 3.8) is 0 Å². The number of amides is 1. The van der Waals surface area contributed by atoms with Crippen LogP contribution < -0.4 is 16.2 Å². The van der Waals surface area contributed by atoms with Crippen LogP contribution in [-0.2, 0) is 14.6 Å². The largest absolute Gasteiger partial charge is 0.398 e. The molecule has 9 nitrogen and oxygen atoms in total. The summed E-state index contributed by atoms with van der Waals surface area (Å²) in [5.74, 6) is -2.24. The number of piperidine rings is 1. The van der Waals surface area contributed by atoms with Crippen molar-refractivity contribution in [2.75, 3.05) is 43.1 Å². The van der Waals surface area contributed by atoms with Crippen molar-refractivity contribution in [1.82, 2.24) is 14.5 Å². The third kappa shape index (κ3) is 5.35. The van der Waals surface area contributed by atoms with Gasteiger partial charge in [-0.25, -0.2) is 17.2 Å². The number of rotatable bonds is 6. The zero-order valence-corrected chi connectivity index (χ0v) is 28.7. The standard InChI is InChI=1S/C35H36ClF2N5O4S/c1-6-25(44)42-17-35(18-42)11-14-41(15-12-35)32-21-16-22(36)26(27-23(37)8-7-9-24(27)39)28(38)31(21)43(34(45)33(32)48(5,46)47)30-20(4)10-13-40-29(30)19(2)3/h6-10,13,16,19H,1,11-12,14-15,17-18,39H2,2-5H3. The van der Waals surface area contributed by atoms with Crippen molar-refractivity contribution >= 4 is 49.6 Å². The number of nitrogen functional groups attached to an aromatic ring is 1. The lowest BCUT2D eigenvalue weighted by Crippen LogP contribution is -2.61. The zero-order chi connectivity index (χ0) is 34.9. The molecule has 2 fully saturated rings. The van der Waals surface area contributed by atoms with Crippen LogP contribution in [0.5, 0.6) is 0 Å². The Morgan fingerprint density at radius 1 is 1.12 bits per heavy atom. The van der Waals surface area contributed by atoms with Crippen molar-refractivity contribution in [2.45, 2.75) is 44.4 Å². The first-order valence-electron chi connectivity index (χ1n) is 15.6. The van der Waals surface area contributed by atoms with Gasteiger partial charge in [0.15, 0.2) is 20.5 Å². The molecule has 4 heterocycles. The molecular weight excluding hydrogens is 660 g/mol. The Hall–Kier alpha value is -4.29. The van der Waals surface area contributed by atoms with Gasteiger partial charge < -0.3 is 15.5 Å². The number of hydrogen-bond acceptors (Lipinski definition) is 7. The summed E-state index contributed by atoms with van der Waals surface area (Å²) >= 11 is 6.78. The monoisotopic (exact) mass is 695 g/mol. The molecule has 2 saturated heterocycles. The first-order valence-corrected chi connectivity index (χ1v) is 17.8. The third-order valence-corrected chi connectivity index (χ3v) is 11.0. The van der Waals surface area contributed by atoms with Crippen LogP contribution in [0.4, 0.5) is 20.2 Å². The molecule has 2 N–H and O–H groups in total. The summed E-state index contributed by atoms with van der Waals surface area (Å²) in [5, 5.41) is -0.136. The number of carbonyl (C=O) groups excluding carboxylic acids is 1. The van der Waals surface area contributed by atoms with E-state index < -0.39 is 31.9 Å². The number of carbonyl (C=O) groups is 1. The van der Waals surface area contributed by atoms with Crippen LogP contribution in [0.25, 0.3) is 27.7 Å². The molecule has 0 aliphatic carbocycles. The first kappa shape index (κ1) is 33.6. The van der Waals surface area contributed by atoms with E-state index in [4.69, 9.17) is 17.3 Å². The molecule has 48 heavy (non-hydrogen) atoms. The van der Waals surface area contributed by atoms with Crippen molar-refractivity contribution in [3.8, 4) is 16.8 Å². The Labute approximate surface area is 282 Å². The molecule has 1 spiro atoms. The maximum atomic E-state index is 17.4. The first-order chi connectivity index (χ1) is 22.6. The summed E-state index contributed by atoms with van der Waals surface area (Å²) in [7, 11) is -4.23. The molecule has 0 radical (unpaired) electrons. The smallest absolute Gasteiger partial charge is 0.276 e. The minimum absolute atomic E-state index is 0.0310. The molecule has 0 unspecified atom stereocenters. The highest BCUT2D eigenvalue weighted by atomic mass is 35.5. The van der Waals surface area contributed by atoms with Crippen LogP contribution in [0.1, 0.15) is 43.9 Å². The molecule has 2 aliphatic heterocycles. The number of aryl methyl sites for hydroxylation is 1. The van der Waals surface area contributed by atoms with Crippen molar-refractivity contribution in [3.05, 3.63) is 87.5 Å². The summed E-state index contributed by atoms with van der Waals surface area (Å²) in [6.07, 6.45) is 4.99. The number of anilines is 2. The minimum Gasteiger partial charge on any atom is -0.398 e. The predicted octanol–water partition coefficient (Wildman–Crippen LogP) is 6.02. The van der Waals surface area contributed by atoms with Gasteiger partial charge in [0.2, 0.25) is 5.91 Å². The molecule has 2 aromatic carbocycles. The summed E-state index contributed by atoms with van der Waals surface area (Å²) in [5.41, 5.74) is 5.32. The lowest BCUT2D eigenvalue weighted by molar-refractivity contribution is -0.139. The molecular formula is C35H36ClF2N5O4S. The van der Waals surface area contributed by atoms with E-state index in [1.165, 1.54) is 24.3 Å². The van der Waals surface area contributed by atoms with Crippen LogP contribution in [0.15, 0.2) is 58.9 Å². The third-order valence-electron chi connectivity index (χ3n) is 9.55. The molecule has 0 bridgehead atoms. The summed E-state index contributed by atoms with van der Waals surface area (Å²) in [6, 6.07) is 6.98. The van der Waals surface area contributed by atoms with Crippen LogP contribution in [0, 0.1) is 24.0 Å². The van der Waals surface area contributed by atoms with Gasteiger partial charge in [-0.1, -0.05) is 38.1 Å². The molecule has 0 saturated carbocycles. The Morgan fingerprint density at radius 3 is 2.38 bits per heavy atom. The van der Waals surface area contributed by atoms with Crippen LogP contribution in [-0.4, -0.2) is 61.2 Å². The number of benzene rings is 2. The Morgan fingerprint density at radius 2 is 1.79 bits per heavy atom. The van der Waals surface area contributed by atoms with Gasteiger partial charge in [-0.15, -0.1) is 0 Å². The lowest BCUT2D eigenvalue weighted by atomic mass is 9.72. The van der Waals surface area contributed by atoms with Crippen LogP contribution >= 0.6 is 11.6 Å². The van der Waals surface area contributed by atoms with E-state index in [1.807, 2.05) is 13.8 Å². The van der Waals surface area contributed by atoms with Gasteiger partial charge in [0.1, 0.15) is 5.82 Å². The number of halogens is 3. The number of aromatic nitrogens is 2. The van der Waals surface area contributed by atoms with Crippen LogP contribution in [0.3, 0.4) is 0 Å². The molecule has 2 aromatic heterocycles. The number of nitrogens with two attached hydrogens (primary N) is 1. The number of likely N-dealkylation sites (tertiary alicyclic amines) is 1. The van der Waals surface area contributed by atoms with Crippen molar-refractivity contribution < 1.29 is 22.0 Å². The molecule has 1 amide bonds. The van der Waals surface area contributed by atoms with Crippen molar-refractivity contribution in [2.24, 2.45) is 5.41 Å². The van der Waals surface area contributed by atoms with E-state index in [0.29, 0.717) is 50.3 Å². The number of hydrogen-bond donors (Lipinski definition) is 1. The zero-order valence-electron chi connectivity index (χ0n) is 27.1. The second kappa shape index (κ2) is 12.0. The predicted molar refractivity (Wildman–Crippen MR) is 185 cm³/mol. The van der Waals surface area contributed by atoms with E-state index in [-0.39, 0.29) is 61.4 Å². The Bertz CT molecular complexity index is 2170. The van der Waals surface area contributed by atoms with Gasteiger partial charge >= 0.3 is 0 Å². The second-order valence-corrected chi connectivity index (χ2v) is 15.5. The Balaban J connectivity index is 1.69. The number of pyridine rings is 2. The molecule has 0 atom stereocenters.